The Bertz CT molecular complexity index is 1060. The lowest BCUT2D eigenvalue weighted by Gasteiger charge is -2.10. The number of carbonyl (C=O) groups excluding carboxylic acids is 2. The molecule has 3 aromatic rings. The van der Waals surface area contributed by atoms with Gasteiger partial charge in [-0.2, -0.15) is 4.98 Å². The zero-order chi connectivity index (χ0) is 22.2. The third kappa shape index (κ3) is 6.42. The van der Waals surface area contributed by atoms with Gasteiger partial charge >= 0.3 is 5.97 Å². The maximum Gasteiger partial charge on any atom is 0.328 e. The van der Waals surface area contributed by atoms with Crippen LogP contribution < -0.4 is 10.1 Å². The Morgan fingerprint density at radius 1 is 1.16 bits per heavy atom. The predicted octanol–water partition coefficient (Wildman–Crippen LogP) is 3.66. The number of esters is 1. The summed E-state index contributed by atoms with van der Waals surface area (Å²) in [7, 11) is 1.58. The molecule has 0 aliphatic carbocycles. The summed E-state index contributed by atoms with van der Waals surface area (Å²) in [4.78, 5) is 28.3. The zero-order valence-corrected chi connectivity index (χ0v) is 17.6. The Morgan fingerprint density at radius 2 is 1.87 bits per heavy atom. The van der Waals surface area contributed by atoms with Crippen LogP contribution in [0.25, 0.3) is 17.5 Å². The van der Waals surface area contributed by atoms with Crippen molar-refractivity contribution in [3.8, 4) is 17.1 Å². The molecule has 0 unspecified atom stereocenters. The third-order valence-corrected chi connectivity index (χ3v) is 4.42. The zero-order valence-electron chi connectivity index (χ0n) is 16.9. The summed E-state index contributed by atoms with van der Waals surface area (Å²) in [5.74, 6) is 0.156. The van der Waals surface area contributed by atoms with Crippen LogP contribution in [-0.2, 0) is 20.9 Å². The van der Waals surface area contributed by atoms with Crippen LogP contribution in [0.15, 0.2) is 59.1 Å². The number of hydrogen-bond donors (Lipinski definition) is 1. The minimum absolute atomic E-state index is 0.135. The Kier molecular flexibility index (Phi) is 7.40. The number of halogens is 1. The lowest BCUT2D eigenvalue weighted by atomic mass is 10.2. The van der Waals surface area contributed by atoms with Crippen LogP contribution in [0.3, 0.4) is 0 Å². The SMILES string of the molecule is COc1ccc(C=CC(=O)N[C@@H](C)C(=O)OCc2nc(-c3ccc(Cl)cc3)no2)cc1. The number of carbonyl (C=O) groups is 2. The van der Waals surface area contributed by atoms with Crippen LogP contribution >= 0.6 is 11.6 Å². The smallest absolute Gasteiger partial charge is 0.328 e. The highest BCUT2D eigenvalue weighted by molar-refractivity contribution is 6.30. The van der Waals surface area contributed by atoms with Crippen molar-refractivity contribution in [1.82, 2.24) is 15.5 Å². The molecule has 1 atom stereocenters. The number of rotatable bonds is 8. The van der Waals surface area contributed by atoms with E-state index in [-0.39, 0.29) is 12.5 Å². The van der Waals surface area contributed by atoms with Gasteiger partial charge in [-0.3, -0.25) is 4.79 Å². The molecule has 1 N–H and O–H groups in total. The van der Waals surface area contributed by atoms with Gasteiger partial charge in [0, 0.05) is 16.7 Å². The molecular formula is C22H20ClN3O5. The average Bonchev–Trinajstić information content (AvgIpc) is 3.26. The number of ether oxygens (including phenoxy) is 2. The molecule has 0 fully saturated rings. The highest BCUT2D eigenvalue weighted by atomic mass is 35.5. The van der Waals surface area contributed by atoms with E-state index in [1.807, 2.05) is 12.1 Å². The van der Waals surface area contributed by atoms with Gasteiger partial charge in [-0.05, 0) is 55.0 Å². The molecule has 0 aliphatic rings. The van der Waals surface area contributed by atoms with Crippen LogP contribution in [0.4, 0.5) is 0 Å². The molecule has 9 heteroatoms. The van der Waals surface area contributed by atoms with E-state index in [2.05, 4.69) is 15.5 Å². The molecule has 1 amide bonds. The van der Waals surface area contributed by atoms with E-state index < -0.39 is 17.9 Å². The summed E-state index contributed by atoms with van der Waals surface area (Å²) < 4.78 is 15.3. The Hall–Kier alpha value is -3.65. The molecule has 0 radical (unpaired) electrons. The van der Waals surface area contributed by atoms with Crippen LogP contribution in [0.2, 0.25) is 5.02 Å². The molecule has 1 heterocycles. The molecule has 0 saturated heterocycles. The molecule has 0 saturated carbocycles. The lowest BCUT2D eigenvalue weighted by Crippen LogP contribution is -2.38. The predicted molar refractivity (Wildman–Crippen MR) is 114 cm³/mol. The van der Waals surface area contributed by atoms with Crippen LogP contribution in [0.1, 0.15) is 18.4 Å². The monoisotopic (exact) mass is 441 g/mol. The molecule has 0 bridgehead atoms. The fourth-order valence-electron chi connectivity index (χ4n) is 2.49. The molecule has 160 valence electrons. The third-order valence-electron chi connectivity index (χ3n) is 4.16. The van der Waals surface area contributed by atoms with Crippen LogP contribution in [0.5, 0.6) is 5.75 Å². The van der Waals surface area contributed by atoms with Crippen molar-refractivity contribution < 1.29 is 23.6 Å². The van der Waals surface area contributed by atoms with E-state index in [1.165, 1.54) is 13.0 Å². The van der Waals surface area contributed by atoms with Gasteiger partial charge in [0.1, 0.15) is 11.8 Å². The first kappa shape index (κ1) is 22.0. The second kappa shape index (κ2) is 10.4. The highest BCUT2D eigenvalue weighted by Gasteiger charge is 2.18. The second-order valence-corrected chi connectivity index (χ2v) is 6.90. The van der Waals surface area contributed by atoms with Gasteiger partial charge in [0.15, 0.2) is 6.61 Å². The van der Waals surface area contributed by atoms with Crippen molar-refractivity contribution in [1.29, 1.82) is 0 Å². The van der Waals surface area contributed by atoms with Crippen molar-refractivity contribution >= 4 is 29.6 Å². The van der Waals surface area contributed by atoms with E-state index in [0.29, 0.717) is 10.8 Å². The first-order valence-electron chi connectivity index (χ1n) is 9.32. The van der Waals surface area contributed by atoms with Crippen molar-refractivity contribution in [2.45, 2.75) is 19.6 Å². The summed E-state index contributed by atoms with van der Waals surface area (Å²) in [6.45, 7) is 1.32. The van der Waals surface area contributed by atoms with E-state index in [9.17, 15) is 9.59 Å². The minimum Gasteiger partial charge on any atom is -0.497 e. The first-order valence-corrected chi connectivity index (χ1v) is 9.70. The van der Waals surface area contributed by atoms with Crippen LogP contribution in [0, 0.1) is 0 Å². The van der Waals surface area contributed by atoms with E-state index >= 15 is 0 Å². The van der Waals surface area contributed by atoms with Crippen molar-refractivity contribution in [3.63, 3.8) is 0 Å². The number of nitrogens with zero attached hydrogens (tertiary/aromatic N) is 2. The number of nitrogens with one attached hydrogen (secondary N) is 1. The van der Waals surface area contributed by atoms with E-state index in [4.69, 9.17) is 25.6 Å². The molecular weight excluding hydrogens is 422 g/mol. The van der Waals surface area contributed by atoms with Gasteiger partial charge in [0.05, 0.1) is 7.11 Å². The van der Waals surface area contributed by atoms with Crippen LogP contribution in [-0.4, -0.2) is 35.2 Å². The van der Waals surface area contributed by atoms with Gasteiger partial charge in [0.25, 0.3) is 5.89 Å². The molecule has 0 aliphatic heterocycles. The van der Waals surface area contributed by atoms with Gasteiger partial charge in [-0.1, -0.05) is 28.9 Å². The van der Waals surface area contributed by atoms with Gasteiger partial charge < -0.3 is 19.3 Å². The summed E-state index contributed by atoms with van der Waals surface area (Å²) >= 11 is 5.86. The average molecular weight is 442 g/mol. The summed E-state index contributed by atoms with van der Waals surface area (Å²) in [5, 5.41) is 6.98. The molecule has 0 spiro atoms. The second-order valence-electron chi connectivity index (χ2n) is 6.46. The Morgan fingerprint density at radius 3 is 2.55 bits per heavy atom. The topological polar surface area (TPSA) is 104 Å². The largest absolute Gasteiger partial charge is 0.497 e. The molecule has 3 rings (SSSR count). The summed E-state index contributed by atoms with van der Waals surface area (Å²) in [6.07, 6.45) is 2.96. The maximum absolute atomic E-state index is 12.1. The normalized spacial score (nSPS) is 11.8. The fourth-order valence-corrected chi connectivity index (χ4v) is 2.62. The molecule has 31 heavy (non-hydrogen) atoms. The highest BCUT2D eigenvalue weighted by Crippen LogP contribution is 2.19. The molecule has 1 aromatic heterocycles. The quantitative estimate of drug-likeness (QED) is 0.420. The number of aromatic nitrogens is 2. The standard InChI is InChI=1S/C22H20ClN3O5/c1-14(24-19(27)12-5-15-3-10-18(29-2)11-4-15)22(28)30-13-20-25-21(26-31-20)16-6-8-17(23)9-7-16/h3-12,14H,13H2,1-2H3,(H,24,27)/t14-/m0/s1. The van der Waals surface area contributed by atoms with Gasteiger partial charge in [-0.15, -0.1) is 0 Å². The van der Waals surface area contributed by atoms with E-state index in [0.717, 1.165) is 16.9 Å². The van der Waals surface area contributed by atoms with Crippen molar-refractivity contribution in [3.05, 3.63) is 71.1 Å². The molecule has 8 nitrogen and oxygen atoms in total. The minimum atomic E-state index is -0.855. The van der Waals surface area contributed by atoms with E-state index in [1.54, 1.807) is 49.6 Å². The van der Waals surface area contributed by atoms with Crippen molar-refractivity contribution in [2.75, 3.05) is 7.11 Å². The fraction of sp³-hybridized carbons (Fsp3) is 0.182. The van der Waals surface area contributed by atoms with Crippen molar-refractivity contribution in [2.24, 2.45) is 0 Å². The van der Waals surface area contributed by atoms with Gasteiger partial charge in [-0.25, -0.2) is 4.79 Å². The molecule has 2 aromatic carbocycles. The number of amides is 1. The lowest BCUT2D eigenvalue weighted by molar-refractivity contribution is -0.149. The van der Waals surface area contributed by atoms with Gasteiger partial charge in [0.2, 0.25) is 11.7 Å². The first-order chi connectivity index (χ1) is 14.9. The Labute approximate surface area is 183 Å². The Balaban J connectivity index is 1.47. The summed E-state index contributed by atoms with van der Waals surface area (Å²) in [5.41, 5.74) is 1.54. The summed E-state index contributed by atoms with van der Waals surface area (Å²) in [6, 6.07) is 13.2. The number of benzene rings is 2. The maximum atomic E-state index is 12.1. The number of methoxy groups -OCH3 is 1. The number of hydrogen-bond acceptors (Lipinski definition) is 7.